The van der Waals surface area contributed by atoms with Crippen molar-refractivity contribution in [3.05, 3.63) is 58.0 Å². The Labute approximate surface area is 186 Å². The molecule has 0 aliphatic heterocycles. The number of sulfonamides is 1. The van der Waals surface area contributed by atoms with Gasteiger partial charge in [-0.15, -0.1) is 0 Å². The van der Waals surface area contributed by atoms with Crippen molar-refractivity contribution in [1.29, 1.82) is 0 Å². The van der Waals surface area contributed by atoms with Crippen LogP contribution in [0.25, 0.3) is 0 Å². The first kappa shape index (κ1) is 24.7. The van der Waals surface area contributed by atoms with E-state index in [9.17, 15) is 18.0 Å². The summed E-state index contributed by atoms with van der Waals surface area (Å²) in [7, 11) is -4.03. The zero-order chi connectivity index (χ0) is 24.1. The Morgan fingerprint density at radius 3 is 2.28 bits per heavy atom. The van der Waals surface area contributed by atoms with Crippen molar-refractivity contribution in [3.8, 4) is 0 Å². The second-order valence-corrected chi connectivity index (χ2v) is 9.13. The van der Waals surface area contributed by atoms with E-state index >= 15 is 0 Å². The van der Waals surface area contributed by atoms with Crippen molar-refractivity contribution in [3.63, 3.8) is 0 Å². The Balaban J connectivity index is 2.36. The van der Waals surface area contributed by atoms with Gasteiger partial charge in [-0.3, -0.25) is 18.9 Å². The van der Waals surface area contributed by atoms with E-state index in [1.54, 1.807) is 19.1 Å². The van der Waals surface area contributed by atoms with Crippen molar-refractivity contribution in [2.45, 2.75) is 44.0 Å². The maximum atomic E-state index is 13.0. The Hall–Kier alpha value is -3.54. The Bertz CT molecular complexity index is 1150. The molecule has 1 aromatic carbocycles. The number of hydrogen-bond acceptors (Lipinski definition) is 6. The first-order valence-electron chi connectivity index (χ1n) is 9.79. The maximum absolute atomic E-state index is 13.0. The SMILES string of the molecule is Cc1ccc(NS(=O)(=O)c2ccc(C(C)C)cc2)c(=O)n1C(CCON=C(N)N)C(N)=O. The van der Waals surface area contributed by atoms with Crippen LogP contribution in [0, 0.1) is 6.92 Å². The molecule has 1 amide bonds. The van der Waals surface area contributed by atoms with Crippen LogP contribution in [0.3, 0.4) is 0 Å². The van der Waals surface area contributed by atoms with Crippen molar-refractivity contribution in [2.75, 3.05) is 11.3 Å². The summed E-state index contributed by atoms with van der Waals surface area (Å²) in [6.07, 6.45) is -0.0142. The zero-order valence-corrected chi connectivity index (χ0v) is 18.9. The lowest BCUT2D eigenvalue weighted by molar-refractivity contribution is -0.121. The molecule has 0 aliphatic rings. The van der Waals surface area contributed by atoms with Gasteiger partial charge in [0, 0.05) is 12.1 Å². The molecule has 2 aromatic rings. The molecular formula is C20H28N6O5S. The molecule has 7 N–H and O–H groups in total. The quantitative estimate of drug-likeness (QED) is 0.172. The van der Waals surface area contributed by atoms with Gasteiger partial charge < -0.3 is 22.0 Å². The van der Waals surface area contributed by atoms with Gasteiger partial charge in [0.2, 0.25) is 11.9 Å². The molecule has 0 aliphatic carbocycles. The molecular weight excluding hydrogens is 436 g/mol. The van der Waals surface area contributed by atoms with E-state index in [0.29, 0.717) is 5.69 Å². The number of nitrogens with zero attached hydrogens (tertiary/aromatic N) is 2. The second kappa shape index (κ2) is 10.2. The normalized spacial score (nSPS) is 12.2. The number of aryl methyl sites for hydroxylation is 1. The van der Waals surface area contributed by atoms with E-state index in [1.807, 2.05) is 13.8 Å². The number of guanidine groups is 1. The van der Waals surface area contributed by atoms with Crippen LogP contribution in [0.4, 0.5) is 5.69 Å². The lowest BCUT2D eigenvalue weighted by Gasteiger charge is -2.20. The van der Waals surface area contributed by atoms with Gasteiger partial charge in [-0.25, -0.2) is 8.42 Å². The number of carbonyl (C=O) groups is 1. The predicted octanol–water partition coefficient (Wildman–Crippen LogP) is 0.702. The van der Waals surface area contributed by atoms with Gasteiger partial charge >= 0.3 is 0 Å². The summed E-state index contributed by atoms with van der Waals surface area (Å²) in [5, 5.41) is 3.35. The van der Waals surface area contributed by atoms with Crippen molar-refractivity contribution in [2.24, 2.45) is 22.4 Å². The molecule has 11 nitrogen and oxygen atoms in total. The fraction of sp³-hybridized carbons (Fsp3) is 0.350. The molecule has 32 heavy (non-hydrogen) atoms. The average Bonchev–Trinajstić information content (AvgIpc) is 2.71. The first-order chi connectivity index (χ1) is 14.9. The number of oxime groups is 1. The number of aromatic nitrogens is 1. The Kier molecular flexibility index (Phi) is 7.87. The van der Waals surface area contributed by atoms with Gasteiger partial charge in [0.25, 0.3) is 15.6 Å². The topological polar surface area (TPSA) is 185 Å². The summed E-state index contributed by atoms with van der Waals surface area (Å²) in [4.78, 5) is 29.9. The van der Waals surface area contributed by atoms with Gasteiger partial charge in [0.1, 0.15) is 18.3 Å². The van der Waals surface area contributed by atoms with Crippen LogP contribution in [-0.4, -0.2) is 31.5 Å². The van der Waals surface area contributed by atoms with E-state index in [4.69, 9.17) is 22.0 Å². The summed E-state index contributed by atoms with van der Waals surface area (Å²) < 4.78 is 29.0. The Morgan fingerprint density at radius 1 is 1.12 bits per heavy atom. The predicted molar refractivity (Wildman–Crippen MR) is 121 cm³/mol. The van der Waals surface area contributed by atoms with Gasteiger partial charge in [0.05, 0.1) is 4.90 Å². The van der Waals surface area contributed by atoms with E-state index in [-0.39, 0.29) is 35.5 Å². The van der Waals surface area contributed by atoms with E-state index in [1.165, 1.54) is 24.3 Å². The van der Waals surface area contributed by atoms with Gasteiger partial charge in [0.15, 0.2) is 0 Å². The number of rotatable bonds is 10. The number of anilines is 1. The number of benzene rings is 1. The summed E-state index contributed by atoms with van der Waals surface area (Å²) >= 11 is 0. The highest BCUT2D eigenvalue weighted by molar-refractivity contribution is 7.92. The highest BCUT2D eigenvalue weighted by Gasteiger charge is 2.24. The number of primary amides is 1. The highest BCUT2D eigenvalue weighted by atomic mass is 32.2. The van der Waals surface area contributed by atoms with Gasteiger partial charge in [-0.1, -0.05) is 26.0 Å². The number of hydrogen-bond donors (Lipinski definition) is 4. The summed E-state index contributed by atoms with van der Waals surface area (Å²) in [5.41, 5.74) is 16.3. The Morgan fingerprint density at radius 2 is 1.75 bits per heavy atom. The summed E-state index contributed by atoms with van der Waals surface area (Å²) in [6.45, 7) is 5.48. The molecule has 174 valence electrons. The highest BCUT2D eigenvalue weighted by Crippen LogP contribution is 2.20. The number of nitrogens with two attached hydrogens (primary N) is 3. The van der Waals surface area contributed by atoms with Crippen LogP contribution in [0.5, 0.6) is 0 Å². The van der Waals surface area contributed by atoms with Crippen molar-refractivity contribution >= 4 is 27.6 Å². The standard InChI is InChI=1S/C20H28N6O5S/c1-12(2)14-5-7-15(8-6-14)32(29,30)25-16-9-4-13(3)26(19(16)28)17(18(21)27)10-11-31-24-20(22)23/h4-9,12,17,25H,10-11H2,1-3H3,(H2,21,27)(H4,22,23,24). The molecule has 1 atom stereocenters. The third-order valence-electron chi connectivity index (χ3n) is 4.71. The van der Waals surface area contributed by atoms with Gasteiger partial charge in [-0.05, 0) is 47.8 Å². The third-order valence-corrected chi connectivity index (χ3v) is 6.10. The molecule has 1 unspecified atom stereocenters. The number of amides is 1. The smallest absolute Gasteiger partial charge is 0.275 e. The molecule has 1 aromatic heterocycles. The molecule has 0 fully saturated rings. The van der Waals surface area contributed by atoms with Crippen LogP contribution in [0.2, 0.25) is 0 Å². The fourth-order valence-corrected chi connectivity index (χ4v) is 4.09. The van der Waals surface area contributed by atoms with Crippen LogP contribution < -0.4 is 27.5 Å². The molecule has 0 saturated heterocycles. The third kappa shape index (κ3) is 6.00. The number of carbonyl (C=O) groups excluding carboxylic acids is 1. The second-order valence-electron chi connectivity index (χ2n) is 7.45. The van der Waals surface area contributed by atoms with E-state index in [0.717, 1.165) is 10.1 Å². The number of pyridine rings is 1. The molecule has 12 heteroatoms. The largest absolute Gasteiger partial charge is 0.393 e. The first-order valence-corrected chi connectivity index (χ1v) is 11.3. The van der Waals surface area contributed by atoms with Crippen LogP contribution in [0.1, 0.15) is 43.5 Å². The molecule has 2 rings (SSSR count). The van der Waals surface area contributed by atoms with E-state index in [2.05, 4.69) is 9.88 Å². The fourth-order valence-electron chi connectivity index (χ4n) is 3.03. The molecule has 0 bridgehead atoms. The number of nitrogens with one attached hydrogen (secondary N) is 1. The zero-order valence-electron chi connectivity index (χ0n) is 18.1. The van der Waals surface area contributed by atoms with Gasteiger partial charge in [-0.2, -0.15) is 0 Å². The van der Waals surface area contributed by atoms with Crippen LogP contribution in [-0.2, 0) is 19.7 Å². The monoisotopic (exact) mass is 464 g/mol. The summed E-state index contributed by atoms with van der Waals surface area (Å²) in [6, 6.07) is 8.11. The minimum absolute atomic E-state index is 0.00510. The molecule has 0 spiro atoms. The van der Waals surface area contributed by atoms with Crippen molar-refractivity contribution in [1.82, 2.24) is 4.57 Å². The minimum Gasteiger partial charge on any atom is -0.393 e. The lowest BCUT2D eigenvalue weighted by Crippen LogP contribution is -2.37. The average molecular weight is 465 g/mol. The van der Waals surface area contributed by atoms with Crippen molar-refractivity contribution < 1.29 is 18.0 Å². The summed E-state index contributed by atoms with van der Waals surface area (Å²) in [5.74, 6) is -0.856. The van der Waals surface area contributed by atoms with E-state index < -0.39 is 27.5 Å². The molecule has 1 heterocycles. The van der Waals surface area contributed by atoms with Crippen LogP contribution in [0.15, 0.2) is 51.2 Å². The minimum atomic E-state index is -4.03. The molecule has 0 saturated carbocycles. The molecule has 0 radical (unpaired) electrons. The van der Waals surface area contributed by atoms with Crippen LogP contribution >= 0.6 is 0 Å². The lowest BCUT2D eigenvalue weighted by atomic mass is 10.0. The maximum Gasteiger partial charge on any atom is 0.275 e.